The molecule has 0 fully saturated rings. The lowest BCUT2D eigenvalue weighted by Crippen LogP contribution is -2.01. The molecule has 0 aliphatic carbocycles. The molecule has 0 saturated heterocycles. The standard InChI is InChI=1S/C6H12N2/c1-4-7-5-8-6(2)3/h4-6H,1H2,2-3H3,(H,7,8). The van der Waals surface area contributed by atoms with Crippen LogP contribution >= 0.6 is 0 Å². The van der Waals surface area contributed by atoms with Crippen LogP contribution in [-0.4, -0.2) is 12.4 Å². The molecule has 2 heteroatoms. The maximum Gasteiger partial charge on any atom is 0.0866 e. The van der Waals surface area contributed by atoms with E-state index in [-0.39, 0.29) is 0 Å². The first-order valence-corrected chi connectivity index (χ1v) is 2.66. The van der Waals surface area contributed by atoms with Gasteiger partial charge in [-0.2, -0.15) is 0 Å². The lowest BCUT2D eigenvalue weighted by molar-refractivity contribution is 0.836. The second-order valence-corrected chi connectivity index (χ2v) is 1.74. The zero-order valence-electron chi connectivity index (χ0n) is 5.39. The summed E-state index contributed by atoms with van der Waals surface area (Å²) in [5.41, 5.74) is 0. The third-order valence-electron chi connectivity index (χ3n) is 0.565. The van der Waals surface area contributed by atoms with Crippen LogP contribution in [0.25, 0.3) is 0 Å². The summed E-state index contributed by atoms with van der Waals surface area (Å²) in [5, 5.41) is 2.75. The normalized spacial score (nSPS) is 10.4. The second-order valence-electron chi connectivity index (χ2n) is 1.74. The van der Waals surface area contributed by atoms with Gasteiger partial charge in [0.1, 0.15) is 0 Å². The van der Waals surface area contributed by atoms with Crippen LogP contribution in [0.15, 0.2) is 17.8 Å². The number of aliphatic imine (C=N–C) groups is 1. The zero-order valence-corrected chi connectivity index (χ0v) is 5.39. The average Bonchev–Trinajstić information content (AvgIpc) is 1.66. The minimum atomic E-state index is 0.363. The van der Waals surface area contributed by atoms with Crippen LogP contribution in [0, 0.1) is 0 Å². The molecule has 0 atom stereocenters. The molecule has 0 heterocycles. The Kier molecular flexibility index (Phi) is 3.94. The van der Waals surface area contributed by atoms with E-state index in [9.17, 15) is 0 Å². The highest BCUT2D eigenvalue weighted by Gasteiger charge is 1.78. The molecule has 0 saturated carbocycles. The summed E-state index contributed by atoms with van der Waals surface area (Å²) in [6.45, 7) is 7.49. The third-order valence-corrected chi connectivity index (χ3v) is 0.565. The average molecular weight is 112 g/mol. The van der Waals surface area contributed by atoms with Crippen LogP contribution in [0.5, 0.6) is 0 Å². The van der Waals surface area contributed by atoms with Gasteiger partial charge in [-0.05, 0) is 20.0 Å². The Hall–Kier alpha value is -0.790. The lowest BCUT2D eigenvalue weighted by Gasteiger charge is -1.91. The lowest BCUT2D eigenvalue weighted by atomic mass is 10.4. The third kappa shape index (κ3) is 5.21. The molecule has 0 aromatic carbocycles. The fourth-order valence-corrected chi connectivity index (χ4v) is 0.245. The Bertz CT molecular complexity index is 84.5. The summed E-state index contributed by atoms with van der Waals surface area (Å²) in [5.74, 6) is 0. The van der Waals surface area contributed by atoms with Gasteiger partial charge in [0, 0.05) is 6.04 Å². The monoisotopic (exact) mass is 112 g/mol. The van der Waals surface area contributed by atoms with Crippen molar-refractivity contribution in [1.29, 1.82) is 0 Å². The highest BCUT2D eigenvalue weighted by atomic mass is 14.9. The molecule has 0 aliphatic heterocycles. The highest BCUT2D eigenvalue weighted by Crippen LogP contribution is 1.80. The number of nitrogens with one attached hydrogen (secondary N) is 1. The number of nitrogens with zero attached hydrogens (tertiary/aromatic N) is 1. The van der Waals surface area contributed by atoms with Crippen molar-refractivity contribution in [3.63, 3.8) is 0 Å². The van der Waals surface area contributed by atoms with Gasteiger partial charge in [0.2, 0.25) is 0 Å². The fraction of sp³-hybridized carbons (Fsp3) is 0.500. The van der Waals surface area contributed by atoms with E-state index in [1.165, 1.54) is 0 Å². The summed E-state index contributed by atoms with van der Waals surface area (Å²) in [4.78, 5) is 4.01. The Balaban J connectivity index is 3.19. The zero-order chi connectivity index (χ0) is 6.41. The van der Waals surface area contributed by atoms with Gasteiger partial charge in [-0.15, -0.1) is 0 Å². The Morgan fingerprint density at radius 1 is 1.62 bits per heavy atom. The first-order chi connectivity index (χ1) is 3.77. The van der Waals surface area contributed by atoms with Gasteiger partial charge in [0.25, 0.3) is 0 Å². The van der Waals surface area contributed by atoms with Crippen molar-refractivity contribution in [2.24, 2.45) is 4.99 Å². The van der Waals surface area contributed by atoms with Crippen molar-refractivity contribution in [1.82, 2.24) is 5.32 Å². The molecular formula is C6H12N2. The van der Waals surface area contributed by atoms with Crippen LogP contribution in [0.3, 0.4) is 0 Å². The Morgan fingerprint density at radius 2 is 2.25 bits per heavy atom. The van der Waals surface area contributed by atoms with Gasteiger partial charge in [-0.1, -0.05) is 6.58 Å². The molecule has 0 rings (SSSR count). The molecule has 1 N–H and O–H groups in total. The minimum Gasteiger partial charge on any atom is -0.354 e. The molecular weight excluding hydrogens is 100 g/mol. The smallest absolute Gasteiger partial charge is 0.0866 e. The van der Waals surface area contributed by atoms with Gasteiger partial charge in [-0.3, -0.25) is 4.99 Å². The molecule has 0 amide bonds. The largest absolute Gasteiger partial charge is 0.354 e. The minimum absolute atomic E-state index is 0.363. The molecule has 0 aromatic rings. The number of hydrogen-bond acceptors (Lipinski definition) is 1. The summed E-state index contributed by atoms with van der Waals surface area (Å²) in [7, 11) is 0. The molecule has 0 bridgehead atoms. The topological polar surface area (TPSA) is 24.4 Å². The van der Waals surface area contributed by atoms with Crippen LogP contribution in [-0.2, 0) is 0 Å². The fourth-order valence-electron chi connectivity index (χ4n) is 0.245. The van der Waals surface area contributed by atoms with E-state index in [0.29, 0.717) is 6.04 Å². The molecule has 8 heavy (non-hydrogen) atoms. The van der Waals surface area contributed by atoms with Crippen molar-refractivity contribution >= 4 is 6.34 Å². The molecule has 0 aliphatic rings. The van der Waals surface area contributed by atoms with Crippen LogP contribution in [0.1, 0.15) is 13.8 Å². The van der Waals surface area contributed by atoms with Gasteiger partial charge < -0.3 is 5.32 Å². The Morgan fingerprint density at radius 3 is 2.62 bits per heavy atom. The van der Waals surface area contributed by atoms with E-state index in [1.54, 1.807) is 12.5 Å². The second kappa shape index (κ2) is 4.37. The maximum absolute atomic E-state index is 4.01. The Labute approximate surface area is 50.3 Å². The summed E-state index contributed by atoms with van der Waals surface area (Å²) < 4.78 is 0. The van der Waals surface area contributed by atoms with E-state index in [4.69, 9.17) is 0 Å². The van der Waals surface area contributed by atoms with Crippen LogP contribution in [0.2, 0.25) is 0 Å². The van der Waals surface area contributed by atoms with Crippen molar-refractivity contribution in [2.45, 2.75) is 19.9 Å². The maximum atomic E-state index is 4.01. The van der Waals surface area contributed by atoms with Gasteiger partial charge >= 0.3 is 0 Å². The number of rotatable bonds is 3. The van der Waals surface area contributed by atoms with Crippen molar-refractivity contribution < 1.29 is 0 Å². The van der Waals surface area contributed by atoms with E-state index in [1.807, 2.05) is 13.8 Å². The molecule has 0 aromatic heterocycles. The molecule has 0 unspecified atom stereocenters. The molecule has 0 spiro atoms. The quantitative estimate of drug-likeness (QED) is 0.430. The number of hydrogen-bond donors (Lipinski definition) is 1. The summed E-state index contributed by atoms with van der Waals surface area (Å²) in [6, 6.07) is 0.363. The van der Waals surface area contributed by atoms with Crippen LogP contribution in [0.4, 0.5) is 0 Å². The molecule has 0 radical (unpaired) electrons. The van der Waals surface area contributed by atoms with Crippen LogP contribution < -0.4 is 5.32 Å². The highest BCUT2D eigenvalue weighted by molar-refractivity contribution is 5.55. The molecule has 46 valence electrons. The van der Waals surface area contributed by atoms with E-state index >= 15 is 0 Å². The van der Waals surface area contributed by atoms with Gasteiger partial charge in [0.15, 0.2) is 0 Å². The molecule has 2 nitrogen and oxygen atoms in total. The van der Waals surface area contributed by atoms with Gasteiger partial charge in [0.05, 0.1) is 6.34 Å². The van der Waals surface area contributed by atoms with E-state index in [2.05, 4.69) is 16.9 Å². The summed E-state index contributed by atoms with van der Waals surface area (Å²) >= 11 is 0. The van der Waals surface area contributed by atoms with Crippen molar-refractivity contribution in [3.8, 4) is 0 Å². The predicted molar refractivity (Wildman–Crippen MR) is 37.0 cm³/mol. The first kappa shape index (κ1) is 7.21. The van der Waals surface area contributed by atoms with E-state index < -0.39 is 0 Å². The first-order valence-electron chi connectivity index (χ1n) is 2.66. The van der Waals surface area contributed by atoms with E-state index in [0.717, 1.165) is 0 Å². The summed E-state index contributed by atoms with van der Waals surface area (Å²) in [6.07, 6.45) is 3.23. The van der Waals surface area contributed by atoms with Gasteiger partial charge in [-0.25, -0.2) is 0 Å². The SMILES string of the molecule is C=CNC=NC(C)C. The predicted octanol–water partition coefficient (Wildman–Crippen LogP) is 1.16. The van der Waals surface area contributed by atoms with Crippen molar-refractivity contribution in [2.75, 3.05) is 0 Å². The van der Waals surface area contributed by atoms with Crippen molar-refractivity contribution in [3.05, 3.63) is 12.8 Å².